The predicted molar refractivity (Wildman–Crippen MR) is 156 cm³/mol. The molecular formula is C30H30Cl2N4O4S. The van der Waals surface area contributed by atoms with Gasteiger partial charge in [-0.3, -0.25) is 4.79 Å². The topological polar surface area (TPSA) is 101 Å². The number of anilines is 1. The zero-order valence-corrected chi connectivity index (χ0v) is 24.7. The van der Waals surface area contributed by atoms with Crippen LogP contribution in [-0.4, -0.2) is 35.1 Å². The van der Waals surface area contributed by atoms with E-state index in [4.69, 9.17) is 27.9 Å². The van der Waals surface area contributed by atoms with Crippen LogP contribution in [0.5, 0.6) is 11.5 Å². The number of sulfonamides is 1. The van der Waals surface area contributed by atoms with Crippen molar-refractivity contribution >= 4 is 45.0 Å². The summed E-state index contributed by atoms with van der Waals surface area (Å²) in [5.41, 5.74) is 1.13. The van der Waals surface area contributed by atoms with E-state index >= 15 is 0 Å². The highest BCUT2D eigenvalue weighted by atomic mass is 35.5. The summed E-state index contributed by atoms with van der Waals surface area (Å²) < 4.78 is 34.5. The molecule has 3 aromatic rings. The molecule has 1 N–H and O–H groups in total. The Hall–Kier alpha value is -2.72. The normalized spacial score (nSPS) is 26.9. The van der Waals surface area contributed by atoms with Crippen molar-refractivity contribution in [1.82, 2.24) is 14.3 Å². The number of hydrogen-bond acceptors (Lipinski definition) is 6. The maximum Gasteiger partial charge on any atom is 0.243 e. The molecule has 214 valence electrons. The minimum atomic E-state index is -3.84. The molecule has 2 heterocycles. The van der Waals surface area contributed by atoms with Gasteiger partial charge in [0.15, 0.2) is 0 Å². The Balaban J connectivity index is 1.08. The molecule has 0 spiro atoms. The van der Waals surface area contributed by atoms with Crippen molar-refractivity contribution in [2.75, 3.05) is 11.9 Å². The van der Waals surface area contributed by atoms with Gasteiger partial charge in [-0.25, -0.2) is 18.4 Å². The lowest BCUT2D eigenvalue weighted by atomic mass is 9.49. The second kappa shape index (κ2) is 10.2. The van der Waals surface area contributed by atoms with E-state index in [1.165, 1.54) is 36.0 Å². The lowest BCUT2D eigenvalue weighted by molar-refractivity contribution is -0.140. The summed E-state index contributed by atoms with van der Waals surface area (Å²) in [6.07, 6.45) is 8.54. The third kappa shape index (κ3) is 5.01. The average Bonchev–Trinajstić information content (AvgIpc) is 2.94. The molecule has 8 nitrogen and oxygen atoms in total. The fourth-order valence-corrected chi connectivity index (χ4v) is 9.52. The van der Waals surface area contributed by atoms with E-state index in [0.29, 0.717) is 57.2 Å². The summed E-state index contributed by atoms with van der Waals surface area (Å²) in [5, 5.41) is 3.90. The number of amides is 1. The number of carbonyl (C=O) groups is 1. The SMILES string of the molecule is O=C(Nc1ncnc2c1CCN(S(=O)(=O)c1cccc(Oc3ccc(Cl)c(Cl)c3)c1)C2)C12CC3CC(CC(C3)C1)C2. The summed E-state index contributed by atoms with van der Waals surface area (Å²) in [7, 11) is -3.84. The molecule has 0 saturated heterocycles. The highest BCUT2D eigenvalue weighted by Gasteiger charge is 2.54. The standard InChI is InChI=1S/C30H30Cl2N4O4S/c31-25-5-4-22(12-26(25)32)40-21-2-1-3-23(11-21)41(38,39)36-7-6-24-27(16-36)33-17-34-28(24)35-29(37)30-13-18-8-19(14-30)10-20(9-18)15-30/h1-5,11-12,17-20H,6-10,13-16H2,(H,33,34,35,37). The lowest BCUT2D eigenvalue weighted by Crippen LogP contribution is -2.52. The molecule has 5 aliphatic rings. The number of hydrogen-bond donors (Lipinski definition) is 1. The van der Waals surface area contributed by atoms with Gasteiger partial charge >= 0.3 is 0 Å². The molecule has 0 unspecified atom stereocenters. The molecular weight excluding hydrogens is 583 g/mol. The van der Waals surface area contributed by atoms with Gasteiger partial charge in [-0.05, 0) is 87.0 Å². The largest absolute Gasteiger partial charge is 0.457 e. The van der Waals surface area contributed by atoms with Crippen LogP contribution in [0, 0.1) is 23.2 Å². The molecule has 1 aliphatic heterocycles. The van der Waals surface area contributed by atoms with E-state index < -0.39 is 10.0 Å². The quantitative estimate of drug-likeness (QED) is 0.342. The van der Waals surface area contributed by atoms with Crippen molar-refractivity contribution < 1.29 is 17.9 Å². The lowest BCUT2D eigenvalue weighted by Gasteiger charge is -2.55. The summed E-state index contributed by atoms with van der Waals surface area (Å²) in [4.78, 5) is 22.6. The number of nitrogens with zero attached hydrogens (tertiary/aromatic N) is 3. The number of fused-ring (bicyclic) bond motifs is 1. The Labute approximate surface area is 249 Å². The highest BCUT2D eigenvalue weighted by Crippen LogP contribution is 2.60. The van der Waals surface area contributed by atoms with Crippen LogP contribution in [0.1, 0.15) is 49.8 Å². The van der Waals surface area contributed by atoms with Crippen molar-refractivity contribution in [1.29, 1.82) is 0 Å². The van der Waals surface area contributed by atoms with Gasteiger partial charge in [-0.2, -0.15) is 4.31 Å². The van der Waals surface area contributed by atoms with Gasteiger partial charge in [-0.15, -0.1) is 0 Å². The second-order valence-corrected chi connectivity index (χ2v) is 14.8. The Morgan fingerprint density at radius 2 is 1.66 bits per heavy atom. The number of halogens is 2. The third-order valence-corrected chi connectivity index (χ3v) is 11.9. The minimum Gasteiger partial charge on any atom is -0.457 e. The third-order valence-electron chi connectivity index (χ3n) is 9.29. The smallest absolute Gasteiger partial charge is 0.243 e. The molecule has 0 atom stereocenters. The highest BCUT2D eigenvalue weighted by molar-refractivity contribution is 7.89. The maximum absolute atomic E-state index is 13.7. The predicted octanol–water partition coefficient (Wildman–Crippen LogP) is 6.48. The monoisotopic (exact) mass is 612 g/mol. The van der Waals surface area contributed by atoms with E-state index in [1.54, 1.807) is 36.4 Å². The van der Waals surface area contributed by atoms with Gasteiger partial charge in [0.25, 0.3) is 0 Å². The summed E-state index contributed by atoms with van der Waals surface area (Å²) in [6.45, 7) is 0.346. The van der Waals surface area contributed by atoms with Crippen LogP contribution < -0.4 is 10.1 Å². The molecule has 1 aromatic heterocycles. The van der Waals surface area contributed by atoms with Crippen molar-refractivity contribution in [2.45, 2.75) is 56.4 Å². The number of benzene rings is 2. The fraction of sp³-hybridized carbons (Fsp3) is 0.433. The number of ether oxygens (including phenoxy) is 1. The number of rotatable bonds is 6. The van der Waals surface area contributed by atoms with Crippen LogP contribution in [0.4, 0.5) is 5.82 Å². The second-order valence-electron chi connectivity index (χ2n) is 12.0. The van der Waals surface area contributed by atoms with Crippen LogP contribution in [0.2, 0.25) is 10.0 Å². The Morgan fingerprint density at radius 1 is 0.951 bits per heavy atom. The molecule has 4 saturated carbocycles. The summed E-state index contributed by atoms with van der Waals surface area (Å²) in [5.74, 6) is 3.39. The Kier molecular flexibility index (Phi) is 6.77. The molecule has 4 aliphatic carbocycles. The zero-order chi connectivity index (χ0) is 28.4. The van der Waals surface area contributed by atoms with Gasteiger partial charge in [-0.1, -0.05) is 29.3 Å². The molecule has 2 aromatic carbocycles. The van der Waals surface area contributed by atoms with Gasteiger partial charge < -0.3 is 10.1 Å². The van der Waals surface area contributed by atoms with Crippen molar-refractivity contribution in [3.8, 4) is 11.5 Å². The molecule has 0 radical (unpaired) electrons. The van der Waals surface area contributed by atoms with E-state index in [-0.39, 0.29) is 29.3 Å². The molecule has 8 rings (SSSR count). The molecule has 41 heavy (non-hydrogen) atoms. The van der Waals surface area contributed by atoms with Crippen molar-refractivity contribution in [3.63, 3.8) is 0 Å². The van der Waals surface area contributed by atoms with E-state index in [0.717, 1.165) is 24.8 Å². The first-order valence-electron chi connectivity index (χ1n) is 14.1. The van der Waals surface area contributed by atoms with Crippen molar-refractivity contribution in [2.24, 2.45) is 23.2 Å². The van der Waals surface area contributed by atoms with Crippen LogP contribution in [0.15, 0.2) is 53.7 Å². The first kappa shape index (κ1) is 27.1. The minimum absolute atomic E-state index is 0.0753. The number of carbonyl (C=O) groups excluding carboxylic acids is 1. The molecule has 4 fully saturated rings. The molecule has 11 heteroatoms. The van der Waals surface area contributed by atoms with Gasteiger partial charge in [0, 0.05) is 24.2 Å². The Morgan fingerprint density at radius 3 is 2.37 bits per heavy atom. The van der Waals surface area contributed by atoms with Gasteiger partial charge in [0.05, 0.1) is 32.6 Å². The fourth-order valence-electron chi connectivity index (χ4n) is 7.80. The van der Waals surface area contributed by atoms with Crippen LogP contribution in [0.3, 0.4) is 0 Å². The van der Waals surface area contributed by atoms with E-state index in [9.17, 15) is 13.2 Å². The van der Waals surface area contributed by atoms with Gasteiger partial charge in [0.2, 0.25) is 15.9 Å². The van der Waals surface area contributed by atoms with Crippen LogP contribution >= 0.6 is 23.2 Å². The van der Waals surface area contributed by atoms with Gasteiger partial charge in [0.1, 0.15) is 23.6 Å². The average molecular weight is 614 g/mol. The molecule has 4 bridgehead atoms. The van der Waals surface area contributed by atoms with Crippen molar-refractivity contribution in [3.05, 3.63) is 70.1 Å². The first-order chi connectivity index (χ1) is 19.7. The van der Waals surface area contributed by atoms with E-state index in [2.05, 4.69) is 15.3 Å². The molecule has 1 amide bonds. The first-order valence-corrected chi connectivity index (χ1v) is 16.3. The zero-order valence-electron chi connectivity index (χ0n) is 22.4. The number of nitrogens with one attached hydrogen (secondary N) is 1. The van der Waals surface area contributed by atoms with E-state index in [1.807, 2.05) is 0 Å². The maximum atomic E-state index is 13.7. The number of aromatic nitrogens is 2. The summed E-state index contributed by atoms with van der Waals surface area (Å²) in [6, 6.07) is 11.2. The summed E-state index contributed by atoms with van der Waals surface area (Å²) >= 11 is 12.1. The van der Waals surface area contributed by atoms with Crippen LogP contribution in [0.25, 0.3) is 0 Å². The van der Waals surface area contributed by atoms with Crippen LogP contribution in [-0.2, 0) is 27.8 Å². The Bertz CT molecular complexity index is 1610.